The molecule has 162 valence electrons. The molecule has 0 amide bonds. The van der Waals surface area contributed by atoms with Crippen molar-refractivity contribution in [2.75, 3.05) is 18.4 Å². The molecular formula is C23H27N5O2S. The summed E-state index contributed by atoms with van der Waals surface area (Å²) in [5.41, 5.74) is 4.00. The number of sulfonamides is 1. The summed E-state index contributed by atoms with van der Waals surface area (Å²) >= 11 is 0. The van der Waals surface area contributed by atoms with E-state index in [0.29, 0.717) is 24.7 Å². The second kappa shape index (κ2) is 9.11. The van der Waals surface area contributed by atoms with Crippen molar-refractivity contribution in [2.24, 2.45) is 0 Å². The van der Waals surface area contributed by atoms with Crippen molar-refractivity contribution >= 4 is 21.7 Å². The Balaban J connectivity index is 1.39. The Morgan fingerprint density at radius 3 is 2.55 bits per heavy atom. The molecule has 0 saturated carbocycles. The Kier molecular flexibility index (Phi) is 6.29. The van der Waals surface area contributed by atoms with Gasteiger partial charge in [0.15, 0.2) is 0 Å². The molecule has 8 heteroatoms. The summed E-state index contributed by atoms with van der Waals surface area (Å²) in [6.45, 7) is 5.03. The van der Waals surface area contributed by atoms with Gasteiger partial charge in [-0.15, -0.1) is 0 Å². The fraction of sp³-hybridized carbons (Fsp3) is 0.348. The normalized spacial score (nSPS) is 15.7. The molecule has 3 heterocycles. The minimum absolute atomic E-state index is 0.0437. The lowest BCUT2D eigenvalue weighted by Gasteiger charge is -2.31. The van der Waals surface area contributed by atoms with Crippen LogP contribution in [0.2, 0.25) is 0 Å². The molecule has 0 bridgehead atoms. The molecular weight excluding hydrogens is 410 g/mol. The molecule has 1 aromatic carbocycles. The number of nitrogens with zero attached hydrogens (tertiary/aromatic N) is 4. The van der Waals surface area contributed by atoms with E-state index in [4.69, 9.17) is 0 Å². The van der Waals surface area contributed by atoms with Gasteiger partial charge in [0.05, 0.1) is 17.6 Å². The van der Waals surface area contributed by atoms with Crippen molar-refractivity contribution in [3.8, 4) is 0 Å². The van der Waals surface area contributed by atoms with E-state index in [1.165, 1.54) is 5.56 Å². The Hall–Kier alpha value is -2.84. The van der Waals surface area contributed by atoms with Crippen molar-refractivity contribution in [2.45, 2.75) is 38.4 Å². The van der Waals surface area contributed by atoms with Crippen LogP contribution in [0.25, 0.3) is 0 Å². The number of piperidine rings is 1. The first-order valence-electron chi connectivity index (χ1n) is 10.4. The minimum atomic E-state index is -3.34. The SMILES string of the molecule is Cc1ccc(CS(=O)(=O)N2CCC(c3cncc(Nc4ccccn4)n3)CC2)cc1C. The number of aryl methyl sites for hydroxylation is 2. The zero-order valence-corrected chi connectivity index (χ0v) is 18.6. The van der Waals surface area contributed by atoms with Gasteiger partial charge in [0, 0.05) is 31.4 Å². The van der Waals surface area contributed by atoms with E-state index >= 15 is 0 Å². The van der Waals surface area contributed by atoms with Crippen LogP contribution in [-0.4, -0.2) is 40.8 Å². The van der Waals surface area contributed by atoms with Crippen LogP contribution in [0.3, 0.4) is 0 Å². The van der Waals surface area contributed by atoms with Gasteiger partial charge in [-0.1, -0.05) is 24.3 Å². The Morgan fingerprint density at radius 2 is 1.84 bits per heavy atom. The van der Waals surface area contributed by atoms with Crippen LogP contribution in [0.5, 0.6) is 0 Å². The molecule has 0 atom stereocenters. The van der Waals surface area contributed by atoms with Crippen molar-refractivity contribution in [1.82, 2.24) is 19.3 Å². The van der Waals surface area contributed by atoms with Crippen LogP contribution in [-0.2, 0) is 15.8 Å². The van der Waals surface area contributed by atoms with Gasteiger partial charge in [-0.25, -0.2) is 22.7 Å². The predicted molar refractivity (Wildman–Crippen MR) is 122 cm³/mol. The summed E-state index contributed by atoms with van der Waals surface area (Å²) in [5.74, 6) is 1.58. The predicted octanol–water partition coefficient (Wildman–Crippen LogP) is 3.94. The van der Waals surface area contributed by atoms with Gasteiger partial charge in [0.1, 0.15) is 11.6 Å². The maximum Gasteiger partial charge on any atom is 0.218 e. The standard InChI is InChI=1S/C23H27N5O2S/c1-17-6-7-19(13-18(17)2)16-31(29,30)28-11-8-20(9-12-28)21-14-24-15-23(26-21)27-22-5-3-4-10-25-22/h3-7,10,13-15,20H,8-9,11-12,16H2,1-2H3,(H,25,26,27). The zero-order chi connectivity index (χ0) is 21.8. The summed E-state index contributed by atoms with van der Waals surface area (Å²) in [5, 5.41) is 3.16. The van der Waals surface area contributed by atoms with Gasteiger partial charge in [-0.3, -0.25) is 4.98 Å². The van der Waals surface area contributed by atoms with E-state index < -0.39 is 10.0 Å². The molecule has 0 unspecified atom stereocenters. The van der Waals surface area contributed by atoms with Gasteiger partial charge in [-0.05, 0) is 55.5 Å². The van der Waals surface area contributed by atoms with E-state index in [9.17, 15) is 8.42 Å². The minimum Gasteiger partial charge on any atom is -0.324 e. The number of anilines is 2. The highest BCUT2D eigenvalue weighted by molar-refractivity contribution is 7.88. The third-order valence-electron chi connectivity index (χ3n) is 5.76. The number of rotatable bonds is 6. The molecule has 1 fully saturated rings. The van der Waals surface area contributed by atoms with Crippen molar-refractivity contribution in [3.05, 3.63) is 77.4 Å². The van der Waals surface area contributed by atoms with Crippen molar-refractivity contribution in [3.63, 3.8) is 0 Å². The van der Waals surface area contributed by atoms with Crippen LogP contribution >= 0.6 is 0 Å². The molecule has 1 aliphatic rings. The lowest BCUT2D eigenvalue weighted by atomic mass is 9.95. The van der Waals surface area contributed by atoms with Crippen LogP contribution in [0, 0.1) is 13.8 Å². The maximum absolute atomic E-state index is 12.9. The summed E-state index contributed by atoms with van der Waals surface area (Å²) in [6, 6.07) is 11.5. The van der Waals surface area contributed by atoms with E-state index in [0.717, 1.165) is 29.7 Å². The van der Waals surface area contributed by atoms with Crippen LogP contribution < -0.4 is 5.32 Å². The smallest absolute Gasteiger partial charge is 0.218 e. The number of aromatic nitrogens is 3. The van der Waals surface area contributed by atoms with Gasteiger partial charge in [0.25, 0.3) is 0 Å². The van der Waals surface area contributed by atoms with Crippen LogP contribution in [0.4, 0.5) is 11.6 Å². The highest BCUT2D eigenvalue weighted by atomic mass is 32.2. The van der Waals surface area contributed by atoms with Gasteiger partial charge in [-0.2, -0.15) is 0 Å². The van der Waals surface area contributed by atoms with Crippen molar-refractivity contribution < 1.29 is 8.42 Å². The van der Waals surface area contributed by atoms with E-state index in [-0.39, 0.29) is 11.7 Å². The van der Waals surface area contributed by atoms with E-state index in [1.54, 1.807) is 22.9 Å². The number of nitrogens with one attached hydrogen (secondary N) is 1. The fourth-order valence-electron chi connectivity index (χ4n) is 3.83. The van der Waals surface area contributed by atoms with Gasteiger partial charge >= 0.3 is 0 Å². The second-order valence-electron chi connectivity index (χ2n) is 8.02. The molecule has 1 saturated heterocycles. The third-order valence-corrected chi connectivity index (χ3v) is 7.61. The first-order chi connectivity index (χ1) is 14.9. The Labute approximate surface area is 183 Å². The highest BCUT2D eigenvalue weighted by Crippen LogP contribution is 2.29. The third kappa shape index (κ3) is 5.26. The quantitative estimate of drug-likeness (QED) is 0.628. The molecule has 7 nitrogen and oxygen atoms in total. The maximum atomic E-state index is 12.9. The Bertz CT molecular complexity index is 1140. The average molecular weight is 438 g/mol. The van der Waals surface area contributed by atoms with Crippen molar-refractivity contribution in [1.29, 1.82) is 0 Å². The number of hydrogen-bond donors (Lipinski definition) is 1. The molecule has 4 rings (SSSR count). The first-order valence-corrected chi connectivity index (χ1v) is 12.1. The summed E-state index contributed by atoms with van der Waals surface area (Å²) in [4.78, 5) is 13.2. The molecule has 2 aromatic heterocycles. The van der Waals surface area contributed by atoms with E-state index in [1.807, 2.05) is 50.2 Å². The lowest BCUT2D eigenvalue weighted by molar-refractivity contribution is 0.316. The summed E-state index contributed by atoms with van der Waals surface area (Å²) in [6.07, 6.45) is 6.62. The second-order valence-corrected chi connectivity index (χ2v) is 9.99. The first kappa shape index (κ1) is 21.4. The molecule has 1 N–H and O–H groups in total. The van der Waals surface area contributed by atoms with Gasteiger partial charge < -0.3 is 5.32 Å². The molecule has 0 aliphatic carbocycles. The number of pyridine rings is 1. The molecule has 31 heavy (non-hydrogen) atoms. The fourth-order valence-corrected chi connectivity index (χ4v) is 5.38. The molecule has 0 spiro atoms. The molecule has 3 aromatic rings. The number of benzene rings is 1. The largest absolute Gasteiger partial charge is 0.324 e. The molecule has 1 aliphatic heterocycles. The monoisotopic (exact) mass is 437 g/mol. The van der Waals surface area contributed by atoms with Crippen LogP contribution in [0.15, 0.2) is 55.0 Å². The lowest BCUT2D eigenvalue weighted by Crippen LogP contribution is -2.38. The topological polar surface area (TPSA) is 88.1 Å². The van der Waals surface area contributed by atoms with Gasteiger partial charge in [0.2, 0.25) is 10.0 Å². The Morgan fingerprint density at radius 1 is 1.03 bits per heavy atom. The average Bonchev–Trinajstić information content (AvgIpc) is 2.77. The highest BCUT2D eigenvalue weighted by Gasteiger charge is 2.29. The van der Waals surface area contributed by atoms with E-state index in [2.05, 4.69) is 20.3 Å². The summed E-state index contributed by atoms with van der Waals surface area (Å²) in [7, 11) is -3.34. The summed E-state index contributed by atoms with van der Waals surface area (Å²) < 4.78 is 27.5. The van der Waals surface area contributed by atoms with Crippen LogP contribution in [0.1, 0.15) is 41.1 Å². The zero-order valence-electron chi connectivity index (χ0n) is 17.8. The molecule has 0 radical (unpaired) electrons. The number of hydrogen-bond acceptors (Lipinski definition) is 6.